The molecule has 4 rings (SSSR count). The highest BCUT2D eigenvalue weighted by atomic mass is 16.7. The number of hydrogen-bond acceptors (Lipinski definition) is 7. The summed E-state index contributed by atoms with van der Waals surface area (Å²) in [4.78, 5) is 11.9. The Balaban J connectivity index is 1.52. The maximum absolute atomic E-state index is 11.9. The van der Waals surface area contributed by atoms with Crippen molar-refractivity contribution in [3.63, 3.8) is 0 Å². The summed E-state index contributed by atoms with van der Waals surface area (Å²) in [6, 6.07) is 0. The molecule has 4 saturated heterocycles. The van der Waals surface area contributed by atoms with E-state index in [0.717, 1.165) is 51.7 Å². The van der Waals surface area contributed by atoms with E-state index >= 15 is 0 Å². The summed E-state index contributed by atoms with van der Waals surface area (Å²) in [6.07, 6.45) is 6.78. The van der Waals surface area contributed by atoms with Gasteiger partial charge in [0.15, 0.2) is 0 Å². The van der Waals surface area contributed by atoms with Gasteiger partial charge in [-0.2, -0.15) is 0 Å². The lowest BCUT2D eigenvalue weighted by Crippen LogP contribution is -2.58. The maximum atomic E-state index is 11.9. The number of rotatable bonds is 5. The van der Waals surface area contributed by atoms with Crippen LogP contribution in [0.4, 0.5) is 0 Å². The summed E-state index contributed by atoms with van der Waals surface area (Å²) >= 11 is 0. The predicted molar refractivity (Wildman–Crippen MR) is 114 cm³/mol. The molecular formula is C24H38O7. The summed E-state index contributed by atoms with van der Waals surface area (Å²) < 4.78 is 37.2. The Kier molecular flexibility index (Phi) is 7.38. The zero-order chi connectivity index (χ0) is 22.0. The molecular weight excluding hydrogens is 400 g/mol. The zero-order valence-corrected chi connectivity index (χ0v) is 19.1. The van der Waals surface area contributed by atoms with E-state index < -0.39 is 11.9 Å². The van der Waals surface area contributed by atoms with Gasteiger partial charge in [0.1, 0.15) is 6.10 Å². The molecule has 176 valence electrons. The first kappa shape index (κ1) is 23.2. The lowest BCUT2D eigenvalue weighted by Gasteiger charge is -2.49. The largest absolute Gasteiger partial charge is 0.433 e. The molecule has 7 heteroatoms. The van der Waals surface area contributed by atoms with E-state index in [4.69, 9.17) is 28.4 Å². The zero-order valence-electron chi connectivity index (χ0n) is 19.1. The average molecular weight is 439 g/mol. The van der Waals surface area contributed by atoms with Crippen LogP contribution in [0.25, 0.3) is 0 Å². The fourth-order valence-electron chi connectivity index (χ4n) is 5.50. The topological polar surface area (TPSA) is 72.5 Å². The van der Waals surface area contributed by atoms with Gasteiger partial charge < -0.3 is 28.4 Å². The molecule has 0 unspecified atom stereocenters. The van der Waals surface area contributed by atoms with Crippen LogP contribution in [0.15, 0.2) is 12.7 Å². The summed E-state index contributed by atoms with van der Waals surface area (Å²) in [7, 11) is 0. The molecule has 4 heterocycles. The molecule has 0 aliphatic carbocycles. The van der Waals surface area contributed by atoms with Gasteiger partial charge in [0, 0.05) is 32.5 Å². The molecule has 4 aliphatic rings. The molecule has 0 radical (unpaired) electrons. The van der Waals surface area contributed by atoms with Crippen molar-refractivity contribution in [2.75, 3.05) is 13.2 Å². The van der Waals surface area contributed by atoms with Crippen molar-refractivity contribution in [2.45, 2.75) is 114 Å². The number of carbonyl (C=O) groups is 1. The van der Waals surface area contributed by atoms with Gasteiger partial charge in [0.2, 0.25) is 6.29 Å². The molecule has 0 bridgehead atoms. The Hall–Kier alpha value is -0.990. The predicted octanol–water partition coefficient (Wildman–Crippen LogP) is 3.54. The van der Waals surface area contributed by atoms with E-state index in [1.54, 1.807) is 0 Å². The third-order valence-electron chi connectivity index (χ3n) is 7.24. The fourth-order valence-corrected chi connectivity index (χ4v) is 5.50. The van der Waals surface area contributed by atoms with Crippen LogP contribution < -0.4 is 0 Å². The van der Waals surface area contributed by atoms with Gasteiger partial charge >= 0.3 is 5.97 Å². The van der Waals surface area contributed by atoms with Crippen LogP contribution in [-0.2, 0) is 33.2 Å². The third kappa shape index (κ3) is 5.17. The van der Waals surface area contributed by atoms with Crippen molar-refractivity contribution in [1.29, 1.82) is 0 Å². The Morgan fingerprint density at radius 3 is 2.65 bits per heavy atom. The Labute approximate surface area is 185 Å². The average Bonchev–Trinajstić information content (AvgIpc) is 2.87. The van der Waals surface area contributed by atoms with Crippen LogP contribution in [0, 0.1) is 5.92 Å². The van der Waals surface area contributed by atoms with E-state index in [2.05, 4.69) is 20.4 Å². The second-order valence-electron chi connectivity index (χ2n) is 9.69. The molecule has 4 aliphatic heterocycles. The number of fused-ring (bicyclic) bond motifs is 2. The van der Waals surface area contributed by atoms with Crippen molar-refractivity contribution < 1.29 is 33.2 Å². The first-order chi connectivity index (χ1) is 14.9. The normalized spacial score (nSPS) is 44.3. The lowest BCUT2D eigenvalue weighted by molar-refractivity contribution is -0.299. The van der Waals surface area contributed by atoms with Gasteiger partial charge in [-0.25, -0.2) is 0 Å². The molecule has 0 saturated carbocycles. The molecule has 0 aromatic rings. The maximum Gasteiger partial charge on any atom is 0.305 e. The van der Waals surface area contributed by atoms with Crippen LogP contribution in [0.3, 0.4) is 0 Å². The SMILES string of the molecule is C=C[C@H](C)[C@@H]1OCCC[C@H]1O[C@H]1CC[C@H]2O[C@H]3CCCO[C@@H]3C[C@]2(C)O[C@H]1OC(C)=O. The van der Waals surface area contributed by atoms with E-state index in [9.17, 15) is 4.79 Å². The molecule has 7 nitrogen and oxygen atoms in total. The second-order valence-corrected chi connectivity index (χ2v) is 9.69. The van der Waals surface area contributed by atoms with E-state index in [1.165, 1.54) is 6.92 Å². The van der Waals surface area contributed by atoms with Gasteiger partial charge in [-0.05, 0) is 45.4 Å². The van der Waals surface area contributed by atoms with Crippen LogP contribution in [0.2, 0.25) is 0 Å². The molecule has 0 aromatic heterocycles. The quantitative estimate of drug-likeness (QED) is 0.480. The van der Waals surface area contributed by atoms with Crippen molar-refractivity contribution in [1.82, 2.24) is 0 Å². The number of esters is 1. The van der Waals surface area contributed by atoms with Gasteiger partial charge in [-0.15, -0.1) is 6.58 Å². The Morgan fingerprint density at radius 1 is 1.10 bits per heavy atom. The number of carbonyl (C=O) groups excluding carboxylic acids is 1. The van der Waals surface area contributed by atoms with Crippen LogP contribution in [0.1, 0.15) is 65.7 Å². The fraction of sp³-hybridized carbons (Fsp3) is 0.875. The number of ether oxygens (including phenoxy) is 6. The smallest absolute Gasteiger partial charge is 0.305 e. The van der Waals surface area contributed by atoms with E-state index in [0.29, 0.717) is 6.42 Å². The van der Waals surface area contributed by atoms with Gasteiger partial charge in [-0.1, -0.05) is 13.0 Å². The Bertz CT molecular complexity index is 639. The van der Waals surface area contributed by atoms with E-state index in [-0.39, 0.29) is 48.5 Å². The highest BCUT2D eigenvalue weighted by Crippen LogP contribution is 2.43. The van der Waals surface area contributed by atoms with Gasteiger partial charge in [0.25, 0.3) is 0 Å². The standard InChI is InChI=1S/C24H38O7/c1-5-15(2)22-18(9-7-13-27-22)29-19-10-11-21-24(4,31-23(19)28-16(3)25)14-20-17(30-21)8-6-12-26-20/h5,15,17-23H,1,6-14H2,2-4H3/t15-,17-,18+,19-,20+,21+,22-,23+,24-/m0/s1. The monoisotopic (exact) mass is 438 g/mol. The molecule has 0 amide bonds. The van der Waals surface area contributed by atoms with Crippen LogP contribution >= 0.6 is 0 Å². The molecule has 0 N–H and O–H groups in total. The van der Waals surface area contributed by atoms with Crippen molar-refractivity contribution >= 4 is 5.97 Å². The minimum absolute atomic E-state index is 0.0232. The highest BCUT2D eigenvalue weighted by Gasteiger charge is 2.52. The third-order valence-corrected chi connectivity index (χ3v) is 7.24. The molecule has 4 fully saturated rings. The minimum Gasteiger partial charge on any atom is -0.433 e. The summed E-state index contributed by atoms with van der Waals surface area (Å²) in [5.41, 5.74) is -0.590. The second kappa shape index (κ2) is 9.87. The summed E-state index contributed by atoms with van der Waals surface area (Å²) in [5.74, 6) is -0.201. The first-order valence-electron chi connectivity index (χ1n) is 11.9. The van der Waals surface area contributed by atoms with Crippen molar-refractivity contribution in [3.05, 3.63) is 12.7 Å². The molecule has 0 aromatic carbocycles. The Morgan fingerprint density at radius 2 is 1.87 bits per heavy atom. The lowest BCUT2D eigenvalue weighted by atomic mass is 9.83. The van der Waals surface area contributed by atoms with Crippen molar-refractivity contribution in [2.24, 2.45) is 5.92 Å². The summed E-state index contributed by atoms with van der Waals surface area (Å²) in [6.45, 7) is 11.0. The minimum atomic E-state index is -0.780. The van der Waals surface area contributed by atoms with Crippen LogP contribution in [-0.4, -0.2) is 67.7 Å². The van der Waals surface area contributed by atoms with Crippen molar-refractivity contribution in [3.8, 4) is 0 Å². The first-order valence-corrected chi connectivity index (χ1v) is 11.9. The molecule has 31 heavy (non-hydrogen) atoms. The van der Waals surface area contributed by atoms with E-state index in [1.807, 2.05) is 6.08 Å². The highest BCUT2D eigenvalue weighted by molar-refractivity contribution is 5.66. The van der Waals surface area contributed by atoms with Gasteiger partial charge in [-0.3, -0.25) is 4.79 Å². The molecule has 9 atom stereocenters. The van der Waals surface area contributed by atoms with Gasteiger partial charge in [0.05, 0.1) is 36.1 Å². The van der Waals surface area contributed by atoms with Crippen LogP contribution in [0.5, 0.6) is 0 Å². The summed E-state index contributed by atoms with van der Waals surface area (Å²) in [5, 5.41) is 0. The number of hydrogen-bond donors (Lipinski definition) is 0. The molecule has 0 spiro atoms.